The van der Waals surface area contributed by atoms with Crippen molar-refractivity contribution in [3.05, 3.63) is 63.4 Å². The van der Waals surface area contributed by atoms with E-state index >= 15 is 0 Å². The molecular weight excluding hydrogens is 406 g/mol. The first-order valence-corrected chi connectivity index (χ1v) is 10.9. The second-order valence-electron chi connectivity index (χ2n) is 6.88. The van der Waals surface area contributed by atoms with Crippen LogP contribution in [-0.4, -0.2) is 20.7 Å². The molecule has 1 aromatic heterocycles. The molecule has 0 aliphatic carbocycles. The lowest BCUT2D eigenvalue weighted by Gasteiger charge is -2.17. The lowest BCUT2D eigenvalue weighted by Crippen LogP contribution is -2.27. The van der Waals surface area contributed by atoms with Crippen LogP contribution in [0.3, 0.4) is 0 Å². The topological polar surface area (TPSA) is 64.0 Å². The Bertz CT molecular complexity index is 1100. The summed E-state index contributed by atoms with van der Waals surface area (Å²) in [6.45, 7) is 6.33. The largest absolute Gasteiger partial charge is 0.325 e. The van der Waals surface area contributed by atoms with Crippen molar-refractivity contribution in [3.8, 4) is 0 Å². The lowest BCUT2D eigenvalue weighted by atomic mass is 10.2. The average Bonchev–Trinajstić information content (AvgIpc) is 2.71. The quantitative estimate of drug-likeness (QED) is 0.410. The van der Waals surface area contributed by atoms with Crippen LogP contribution in [-0.2, 0) is 11.3 Å². The molecule has 2 aromatic carbocycles. The zero-order valence-corrected chi connectivity index (χ0v) is 18.3. The van der Waals surface area contributed by atoms with Crippen LogP contribution in [0, 0.1) is 6.92 Å². The molecule has 1 heterocycles. The number of nitrogens with zero attached hydrogens (tertiary/aromatic N) is 2. The summed E-state index contributed by atoms with van der Waals surface area (Å²) in [4.78, 5) is 30.4. The van der Waals surface area contributed by atoms with Gasteiger partial charge in [0.15, 0.2) is 5.16 Å². The van der Waals surface area contributed by atoms with Gasteiger partial charge in [-0.1, -0.05) is 54.9 Å². The molecule has 1 atom stereocenters. The SMILES string of the molecule is CCCCn1c(SC(C)C(=O)Nc2cccc(Cl)c2C)nc2ccccc2c1=O. The van der Waals surface area contributed by atoms with Gasteiger partial charge >= 0.3 is 0 Å². The molecule has 152 valence electrons. The van der Waals surface area contributed by atoms with Gasteiger partial charge in [0.25, 0.3) is 5.56 Å². The number of unbranched alkanes of at least 4 members (excludes halogenated alkanes) is 1. The molecule has 0 radical (unpaired) electrons. The van der Waals surface area contributed by atoms with Gasteiger partial charge in [-0.3, -0.25) is 14.2 Å². The normalized spacial score (nSPS) is 12.1. The molecule has 7 heteroatoms. The van der Waals surface area contributed by atoms with Crippen molar-refractivity contribution < 1.29 is 4.79 Å². The molecule has 0 fully saturated rings. The van der Waals surface area contributed by atoms with E-state index in [2.05, 4.69) is 17.2 Å². The smallest absolute Gasteiger partial charge is 0.262 e. The first-order chi connectivity index (χ1) is 13.9. The second-order valence-corrected chi connectivity index (χ2v) is 8.60. The Morgan fingerprint density at radius 3 is 2.76 bits per heavy atom. The molecular formula is C22H24ClN3O2S. The van der Waals surface area contributed by atoms with Crippen LogP contribution >= 0.6 is 23.4 Å². The predicted molar refractivity (Wildman–Crippen MR) is 121 cm³/mol. The van der Waals surface area contributed by atoms with Crippen LogP contribution in [0.4, 0.5) is 5.69 Å². The number of hydrogen-bond donors (Lipinski definition) is 1. The summed E-state index contributed by atoms with van der Waals surface area (Å²) in [5.41, 5.74) is 2.09. The maximum absolute atomic E-state index is 13.0. The first-order valence-electron chi connectivity index (χ1n) is 9.64. The minimum absolute atomic E-state index is 0.0650. The van der Waals surface area contributed by atoms with E-state index < -0.39 is 5.25 Å². The van der Waals surface area contributed by atoms with E-state index in [-0.39, 0.29) is 11.5 Å². The maximum atomic E-state index is 13.0. The standard InChI is InChI=1S/C22H24ClN3O2S/c1-4-5-13-26-21(28)16-9-6-7-11-19(16)25-22(26)29-15(3)20(27)24-18-12-8-10-17(23)14(18)2/h6-12,15H,4-5,13H2,1-3H3,(H,24,27). The Morgan fingerprint density at radius 2 is 2.00 bits per heavy atom. The van der Waals surface area contributed by atoms with Crippen molar-refractivity contribution >= 4 is 45.9 Å². The molecule has 0 saturated carbocycles. The Labute approximate surface area is 179 Å². The highest BCUT2D eigenvalue weighted by Crippen LogP contribution is 2.26. The predicted octanol–water partition coefficient (Wildman–Crippen LogP) is 5.28. The summed E-state index contributed by atoms with van der Waals surface area (Å²) >= 11 is 7.44. The Morgan fingerprint density at radius 1 is 1.24 bits per heavy atom. The molecule has 3 rings (SSSR count). The lowest BCUT2D eigenvalue weighted by molar-refractivity contribution is -0.115. The molecule has 3 aromatic rings. The summed E-state index contributed by atoms with van der Waals surface area (Å²) in [5.74, 6) is -0.162. The molecule has 1 unspecified atom stereocenters. The van der Waals surface area contributed by atoms with E-state index in [1.54, 1.807) is 22.8 Å². The molecule has 0 aliphatic heterocycles. The third-order valence-electron chi connectivity index (χ3n) is 4.74. The van der Waals surface area contributed by atoms with Crippen molar-refractivity contribution in [2.24, 2.45) is 0 Å². The zero-order chi connectivity index (χ0) is 21.0. The zero-order valence-electron chi connectivity index (χ0n) is 16.7. The highest BCUT2D eigenvalue weighted by Gasteiger charge is 2.20. The summed E-state index contributed by atoms with van der Waals surface area (Å²) in [5, 5.41) is 4.25. The van der Waals surface area contributed by atoms with Crippen LogP contribution in [0.2, 0.25) is 5.02 Å². The van der Waals surface area contributed by atoms with Gasteiger partial charge in [-0.05, 0) is 50.1 Å². The number of anilines is 1. The van der Waals surface area contributed by atoms with Gasteiger partial charge in [-0.15, -0.1) is 0 Å². The van der Waals surface area contributed by atoms with E-state index in [4.69, 9.17) is 11.6 Å². The third-order valence-corrected chi connectivity index (χ3v) is 6.24. The summed E-state index contributed by atoms with van der Waals surface area (Å²) in [7, 11) is 0. The van der Waals surface area contributed by atoms with E-state index in [0.717, 1.165) is 18.4 Å². The van der Waals surface area contributed by atoms with E-state index in [0.29, 0.717) is 33.3 Å². The number of fused-ring (bicyclic) bond motifs is 1. The number of aromatic nitrogens is 2. The fraction of sp³-hybridized carbons (Fsp3) is 0.318. The molecule has 0 bridgehead atoms. The summed E-state index contributed by atoms with van der Waals surface area (Å²) < 4.78 is 1.69. The summed E-state index contributed by atoms with van der Waals surface area (Å²) in [6.07, 6.45) is 1.84. The van der Waals surface area contributed by atoms with Crippen molar-refractivity contribution in [2.45, 2.75) is 50.6 Å². The Hall–Kier alpha value is -2.31. The Kier molecular flexibility index (Phi) is 6.98. The van der Waals surface area contributed by atoms with Gasteiger partial charge in [0, 0.05) is 17.3 Å². The molecule has 0 spiro atoms. The van der Waals surface area contributed by atoms with Gasteiger partial charge in [0.2, 0.25) is 5.91 Å². The first kappa shape index (κ1) is 21.4. The van der Waals surface area contributed by atoms with Crippen molar-refractivity contribution in [1.29, 1.82) is 0 Å². The van der Waals surface area contributed by atoms with Gasteiger partial charge in [-0.25, -0.2) is 4.98 Å². The number of hydrogen-bond acceptors (Lipinski definition) is 4. The van der Waals surface area contributed by atoms with Crippen molar-refractivity contribution in [2.75, 3.05) is 5.32 Å². The van der Waals surface area contributed by atoms with Crippen LogP contribution in [0.5, 0.6) is 0 Å². The fourth-order valence-corrected chi connectivity index (χ4v) is 4.05. The second kappa shape index (κ2) is 9.46. The summed E-state index contributed by atoms with van der Waals surface area (Å²) in [6, 6.07) is 12.7. The van der Waals surface area contributed by atoms with Gasteiger partial charge in [0.1, 0.15) is 0 Å². The number of carbonyl (C=O) groups is 1. The van der Waals surface area contributed by atoms with E-state index in [1.807, 2.05) is 38.1 Å². The van der Waals surface area contributed by atoms with Gasteiger partial charge in [-0.2, -0.15) is 0 Å². The van der Waals surface area contributed by atoms with Crippen LogP contribution in [0.1, 0.15) is 32.3 Å². The minimum atomic E-state index is -0.436. The monoisotopic (exact) mass is 429 g/mol. The van der Waals surface area contributed by atoms with Crippen LogP contribution in [0.25, 0.3) is 10.9 Å². The number of para-hydroxylation sites is 1. The van der Waals surface area contributed by atoms with E-state index in [9.17, 15) is 9.59 Å². The number of halogens is 1. The molecule has 0 aliphatic rings. The van der Waals surface area contributed by atoms with Crippen molar-refractivity contribution in [1.82, 2.24) is 9.55 Å². The van der Waals surface area contributed by atoms with Gasteiger partial charge in [0.05, 0.1) is 16.2 Å². The fourth-order valence-electron chi connectivity index (χ4n) is 2.94. The number of rotatable bonds is 7. The maximum Gasteiger partial charge on any atom is 0.262 e. The number of carbonyl (C=O) groups excluding carboxylic acids is 1. The van der Waals surface area contributed by atoms with Crippen LogP contribution in [0.15, 0.2) is 52.4 Å². The van der Waals surface area contributed by atoms with Crippen molar-refractivity contribution in [3.63, 3.8) is 0 Å². The minimum Gasteiger partial charge on any atom is -0.325 e. The molecule has 29 heavy (non-hydrogen) atoms. The molecule has 1 N–H and O–H groups in total. The highest BCUT2D eigenvalue weighted by molar-refractivity contribution is 8.00. The highest BCUT2D eigenvalue weighted by atomic mass is 35.5. The molecule has 1 amide bonds. The Balaban J connectivity index is 1.88. The number of thioether (sulfide) groups is 1. The van der Waals surface area contributed by atoms with Gasteiger partial charge < -0.3 is 5.32 Å². The van der Waals surface area contributed by atoms with Crippen LogP contribution < -0.4 is 10.9 Å². The number of nitrogens with one attached hydrogen (secondary N) is 1. The molecule has 5 nitrogen and oxygen atoms in total. The average molecular weight is 430 g/mol. The number of amides is 1. The number of benzene rings is 2. The molecule has 0 saturated heterocycles. The van der Waals surface area contributed by atoms with E-state index in [1.165, 1.54) is 11.8 Å². The third kappa shape index (κ3) is 4.82.